The van der Waals surface area contributed by atoms with E-state index in [1.165, 1.54) is 19.3 Å². The van der Waals surface area contributed by atoms with E-state index in [1.54, 1.807) is 7.11 Å². The van der Waals surface area contributed by atoms with Crippen molar-refractivity contribution in [2.75, 3.05) is 27.3 Å². The van der Waals surface area contributed by atoms with Gasteiger partial charge in [0, 0.05) is 45.8 Å². The van der Waals surface area contributed by atoms with Gasteiger partial charge in [0.05, 0.1) is 0 Å². The lowest BCUT2D eigenvalue weighted by atomic mass is 9.67. The molecule has 0 unspecified atom stereocenters. The summed E-state index contributed by atoms with van der Waals surface area (Å²) in [5.41, 5.74) is 2.43. The number of guanidine groups is 1. The molecule has 2 aromatic rings. The van der Waals surface area contributed by atoms with E-state index in [0.29, 0.717) is 17.9 Å². The van der Waals surface area contributed by atoms with Crippen LogP contribution in [0.2, 0.25) is 0 Å². The number of rotatable bonds is 10. The van der Waals surface area contributed by atoms with E-state index in [9.17, 15) is 0 Å². The van der Waals surface area contributed by atoms with E-state index in [1.807, 2.05) is 19.2 Å². The van der Waals surface area contributed by atoms with Gasteiger partial charge < -0.3 is 19.9 Å². The van der Waals surface area contributed by atoms with Gasteiger partial charge in [0.1, 0.15) is 0 Å². The van der Waals surface area contributed by atoms with Gasteiger partial charge in [-0.05, 0) is 48.8 Å². The van der Waals surface area contributed by atoms with Crippen molar-refractivity contribution in [3.8, 4) is 11.5 Å². The van der Waals surface area contributed by atoms with Crippen molar-refractivity contribution in [2.24, 2.45) is 10.4 Å². The molecule has 0 saturated heterocycles. The third-order valence-electron chi connectivity index (χ3n) is 5.68. The van der Waals surface area contributed by atoms with E-state index in [0.717, 1.165) is 55.3 Å². The predicted octanol–water partition coefficient (Wildman–Crippen LogP) is 4.18. The first-order valence-corrected chi connectivity index (χ1v) is 10.5. The van der Waals surface area contributed by atoms with Crippen LogP contribution in [0.1, 0.15) is 50.4 Å². The van der Waals surface area contributed by atoms with Crippen molar-refractivity contribution >= 4 is 29.9 Å². The van der Waals surface area contributed by atoms with Crippen molar-refractivity contribution in [3.63, 3.8) is 0 Å². The fourth-order valence-electron chi connectivity index (χ4n) is 3.70. The highest BCUT2D eigenvalue weighted by atomic mass is 127. The van der Waals surface area contributed by atoms with E-state index < -0.39 is 0 Å². The van der Waals surface area contributed by atoms with Crippen molar-refractivity contribution in [3.05, 3.63) is 35.7 Å². The molecule has 1 heterocycles. The van der Waals surface area contributed by atoms with E-state index in [2.05, 4.69) is 44.8 Å². The van der Waals surface area contributed by atoms with Crippen LogP contribution < -0.4 is 10.6 Å². The molecule has 1 saturated carbocycles. The molecule has 0 bridgehead atoms. The van der Waals surface area contributed by atoms with Gasteiger partial charge in [-0.3, -0.25) is 4.99 Å². The van der Waals surface area contributed by atoms with Crippen LogP contribution in [0.4, 0.5) is 0 Å². The Bertz CT molecular complexity index is 804. The molecular formula is C22H34IN5O2. The van der Waals surface area contributed by atoms with Gasteiger partial charge in [0.2, 0.25) is 0 Å². The topological polar surface area (TPSA) is 84.6 Å². The van der Waals surface area contributed by atoms with Crippen LogP contribution >= 0.6 is 24.0 Å². The Kier molecular flexibility index (Phi) is 10.0. The quantitative estimate of drug-likeness (QED) is 0.274. The van der Waals surface area contributed by atoms with E-state index >= 15 is 0 Å². The molecule has 2 N–H and O–H groups in total. The Hall–Kier alpha value is -1.68. The van der Waals surface area contributed by atoms with Gasteiger partial charge in [0.25, 0.3) is 5.89 Å². The maximum atomic E-state index is 5.40. The normalized spacial score (nSPS) is 15.2. The molecule has 0 amide bonds. The zero-order chi connectivity index (χ0) is 20.5. The molecule has 3 rings (SSSR count). The molecule has 7 nitrogen and oxygen atoms in total. The molecule has 30 heavy (non-hydrogen) atoms. The highest BCUT2D eigenvalue weighted by Gasteiger charge is 2.36. The molecule has 0 spiro atoms. The number of hydrogen-bond acceptors (Lipinski definition) is 5. The van der Waals surface area contributed by atoms with Gasteiger partial charge in [0.15, 0.2) is 11.8 Å². The first-order chi connectivity index (χ1) is 14.2. The predicted molar refractivity (Wildman–Crippen MR) is 130 cm³/mol. The van der Waals surface area contributed by atoms with Crippen LogP contribution in [-0.4, -0.2) is 43.4 Å². The average Bonchev–Trinajstić information content (AvgIpc) is 3.18. The summed E-state index contributed by atoms with van der Waals surface area (Å²) >= 11 is 0. The first kappa shape index (κ1) is 24.6. The SMILES string of the molecule is CCCc1noc(-c2cccc(CNC(=NC)NCC3(CCOC)CCC3)c2)n1.I. The second kappa shape index (κ2) is 12.2. The largest absolute Gasteiger partial charge is 0.385 e. The number of nitrogens with one attached hydrogen (secondary N) is 2. The summed E-state index contributed by atoms with van der Waals surface area (Å²) in [5.74, 6) is 2.15. The number of ether oxygens (including phenoxy) is 1. The summed E-state index contributed by atoms with van der Waals surface area (Å²) < 4.78 is 10.7. The van der Waals surface area contributed by atoms with Gasteiger partial charge >= 0.3 is 0 Å². The Labute approximate surface area is 196 Å². The van der Waals surface area contributed by atoms with Crippen LogP contribution in [0.15, 0.2) is 33.8 Å². The highest BCUT2D eigenvalue weighted by Crippen LogP contribution is 2.43. The summed E-state index contributed by atoms with van der Waals surface area (Å²) in [6.45, 7) is 4.52. The number of nitrogens with zero attached hydrogens (tertiary/aromatic N) is 3. The Balaban J connectivity index is 0.00000320. The highest BCUT2D eigenvalue weighted by molar-refractivity contribution is 14.0. The lowest BCUT2D eigenvalue weighted by Crippen LogP contribution is -2.46. The monoisotopic (exact) mass is 527 g/mol. The summed E-state index contributed by atoms with van der Waals surface area (Å²) in [6, 6.07) is 8.17. The molecule has 0 radical (unpaired) electrons. The minimum absolute atomic E-state index is 0. The Morgan fingerprint density at radius 2 is 2.13 bits per heavy atom. The summed E-state index contributed by atoms with van der Waals surface area (Å²) in [4.78, 5) is 8.85. The number of aliphatic imine (C=N–C) groups is 1. The molecule has 1 aromatic carbocycles. The summed E-state index contributed by atoms with van der Waals surface area (Å²) in [5, 5.41) is 10.9. The number of hydrogen-bond donors (Lipinski definition) is 2. The summed E-state index contributed by atoms with van der Waals surface area (Å²) in [7, 11) is 3.58. The molecule has 1 aliphatic carbocycles. The number of methoxy groups -OCH3 is 1. The van der Waals surface area contributed by atoms with Gasteiger partial charge in [-0.25, -0.2) is 0 Å². The maximum Gasteiger partial charge on any atom is 0.257 e. The fraction of sp³-hybridized carbons (Fsp3) is 0.591. The van der Waals surface area contributed by atoms with Crippen LogP contribution in [-0.2, 0) is 17.7 Å². The lowest BCUT2D eigenvalue weighted by molar-refractivity contribution is 0.0732. The third kappa shape index (κ3) is 6.66. The van der Waals surface area contributed by atoms with Crippen molar-refractivity contribution in [1.29, 1.82) is 0 Å². The molecule has 166 valence electrons. The average molecular weight is 527 g/mol. The van der Waals surface area contributed by atoms with E-state index in [-0.39, 0.29) is 24.0 Å². The molecule has 0 aliphatic heterocycles. The number of aryl methyl sites for hydroxylation is 1. The number of halogens is 1. The van der Waals surface area contributed by atoms with Gasteiger partial charge in [-0.2, -0.15) is 4.98 Å². The molecule has 1 aliphatic rings. The molecule has 0 atom stereocenters. The zero-order valence-electron chi connectivity index (χ0n) is 18.2. The smallest absolute Gasteiger partial charge is 0.257 e. The molecule has 1 aromatic heterocycles. The first-order valence-electron chi connectivity index (χ1n) is 10.5. The number of aromatic nitrogens is 2. The zero-order valence-corrected chi connectivity index (χ0v) is 20.6. The van der Waals surface area contributed by atoms with Crippen molar-refractivity contribution in [1.82, 2.24) is 20.8 Å². The number of benzene rings is 1. The third-order valence-corrected chi connectivity index (χ3v) is 5.68. The van der Waals surface area contributed by atoms with E-state index in [4.69, 9.17) is 9.26 Å². The van der Waals surface area contributed by atoms with Crippen LogP contribution in [0, 0.1) is 5.41 Å². The van der Waals surface area contributed by atoms with Crippen LogP contribution in [0.5, 0.6) is 0 Å². The van der Waals surface area contributed by atoms with Crippen molar-refractivity contribution in [2.45, 2.75) is 52.0 Å². The molecule has 8 heteroatoms. The molecule has 1 fully saturated rings. The minimum Gasteiger partial charge on any atom is -0.385 e. The summed E-state index contributed by atoms with van der Waals surface area (Å²) in [6.07, 6.45) is 6.75. The van der Waals surface area contributed by atoms with Crippen LogP contribution in [0.25, 0.3) is 11.5 Å². The van der Waals surface area contributed by atoms with Crippen molar-refractivity contribution < 1.29 is 9.26 Å². The minimum atomic E-state index is 0. The standard InChI is InChI=1S/C22H33N5O2.HI/c1-4-7-19-26-20(29-27-19)18-9-5-8-17(14-18)15-24-21(23-2)25-16-22(10-6-11-22)12-13-28-3;/h5,8-9,14H,4,6-7,10-13,15-16H2,1-3H3,(H2,23,24,25);1H. The fourth-order valence-corrected chi connectivity index (χ4v) is 3.70. The second-order valence-corrected chi connectivity index (χ2v) is 7.84. The maximum absolute atomic E-state index is 5.40. The van der Waals surface area contributed by atoms with Gasteiger partial charge in [-0.1, -0.05) is 30.6 Å². The Morgan fingerprint density at radius 1 is 1.30 bits per heavy atom. The van der Waals surface area contributed by atoms with Gasteiger partial charge in [-0.15, -0.1) is 24.0 Å². The van der Waals surface area contributed by atoms with Crippen LogP contribution in [0.3, 0.4) is 0 Å². The molecular weight excluding hydrogens is 493 g/mol. The second-order valence-electron chi connectivity index (χ2n) is 7.84. The lowest BCUT2D eigenvalue weighted by Gasteiger charge is -2.42. The Morgan fingerprint density at radius 3 is 2.80 bits per heavy atom.